The van der Waals surface area contributed by atoms with Gasteiger partial charge in [0.15, 0.2) is 0 Å². The lowest BCUT2D eigenvalue weighted by Crippen LogP contribution is -2.44. The highest BCUT2D eigenvalue weighted by Gasteiger charge is 2.37. The number of ether oxygens (including phenoxy) is 1. The monoisotopic (exact) mass is 243 g/mol. The van der Waals surface area contributed by atoms with Crippen molar-refractivity contribution in [1.82, 2.24) is 4.90 Å². The molecule has 4 nitrogen and oxygen atoms in total. The van der Waals surface area contributed by atoms with E-state index in [2.05, 4.69) is 6.92 Å². The van der Waals surface area contributed by atoms with E-state index in [9.17, 15) is 4.79 Å². The van der Waals surface area contributed by atoms with Crippen LogP contribution in [0.2, 0.25) is 0 Å². The lowest BCUT2D eigenvalue weighted by Gasteiger charge is -2.32. The maximum atomic E-state index is 12.1. The molecule has 4 heteroatoms. The summed E-state index contributed by atoms with van der Waals surface area (Å²) >= 11 is 0. The Morgan fingerprint density at radius 3 is 2.41 bits per heavy atom. The molecule has 0 aromatic carbocycles. The molecule has 0 spiro atoms. The van der Waals surface area contributed by atoms with Gasteiger partial charge in [0.2, 0.25) is 0 Å². The summed E-state index contributed by atoms with van der Waals surface area (Å²) in [5.41, 5.74) is -0.457. The summed E-state index contributed by atoms with van der Waals surface area (Å²) in [5, 5.41) is 9.04. The number of carbonyl (C=O) groups excluding carboxylic acids is 1. The van der Waals surface area contributed by atoms with Crippen molar-refractivity contribution < 1.29 is 14.6 Å². The Morgan fingerprint density at radius 1 is 1.35 bits per heavy atom. The SMILES string of the molecule is CC[C@H]1CCC(CCO)N1C(=O)OC(C)(C)C. The van der Waals surface area contributed by atoms with Crippen LogP contribution < -0.4 is 0 Å². The average molecular weight is 243 g/mol. The van der Waals surface area contributed by atoms with Crippen LogP contribution in [0.4, 0.5) is 4.79 Å². The van der Waals surface area contributed by atoms with Gasteiger partial charge in [-0.1, -0.05) is 6.92 Å². The van der Waals surface area contributed by atoms with E-state index in [0.29, 0.717) is 6.42 Å². The summed E-state index contributed by atoms with van der Waals surface area (Å²) in [6.45, 7) is 7.85. The summed E-state index contributed by atoms with van der Waals surface area (Å²) in [7, 11) is 0. The maximum Gasteiger partial charge on any atom is 0.410 e. The van der Waals surface area contributed by atoms with E-state index in [1.165, 1.54) is 0 Å². The van der Waals surface area contributed by atoms with Gasteiger partial charge in [-0.15, -0.1) is 0 Å². The maximum absolute atomic E-state index is 12.1. The Hall–Kier alpha value is -0.770. The molecule has 100 valence electrons. The van der Waals surface area contributed by atoms with Crippen LogP contribution in [0, 0.1) is 0 Å². The highest BCUT2D eigenvalue weighted by molar-refractivity contribution is 5.69. The van der Waals surface area contributed by atoms with Gasteiger partial charge in [-0.2, -0.15) is 0 Å². The number of amides is 1. The fraction of sp³-hybridized carbons (Fsp3) is 0.923. The van der Waals surface area contributed by atoms with E-state index in [1.54, 1.807) is 0 Å². The van der Waals surface area contributed by atoms with Crippen LogP contribution in [0.15, 0.2) is 0 Å². The third-order valence-corrected chi connectivity index (χ3v) is 3.16. The van der Waals surface area contributed by atoms with Crippen molar-refractivity contribution in [3.8, 4) is 0 Å². The first-order chi connectivity index (χ1) is 7.89. The third kappa shape index (κ3) is 3.87. The van der Waals surface area contributed by atoms with Gasteiger partial charge in [0.25, 0.3) is 0 Å². The highest BCUT2D eigenvalue weighted by Crippen LogP contribution is 2.29. The molecule has 0 bridgehead atoms. The molecule has 1 amide bonds. The first kappa shape index (κ1) is 14.3. The minimum Gasteiger partial charge on any atom is -0.444 e. The molecule has 1 aliphatic heterocycles. The molecule has 17 heavy (non-hydrogen) atoms. The minimum atomic E-state index is -0.457. The van der Waals surface area contributed by atoms with Crippen molar-refractivity contribution in [3.05, 3.63) is 0 Å². The number of likely N-dealkylation sites (tertiary alicyclic amines) is 1. The standard InChI is InChI=1S/C13H25NO3/c1-5-10-6-7-11(8-9-15)14(10)12(16)17-13(2,3)4/h10-11,15H,5-9H2,1-4H3/t10-,11?/m0/s1. The Balaban J connectivity index is 2.70. The molecular formula is C13H25NO3. The van der Waals surface area contributed by atoms with Crippen LogP contribution in [0.1, 0.15) is 53.4 Å². The number of aliphatic hydroxyl groups is 1. The van der Waals surface area contributed by atoms with Gasteiger partial charge in [0, 0.05) is 18.7 Å². The molecule has 0 aliphatic carbocycles. The first-order valence-electron chi connectivity index (χ1n) is 6.51. The number of aliphatic hydroxyl groups excluding tert-OH is 1. The van der Waals surface area contributed by atoms with Gasteiger partial charge in [-0.25, -0.2) is 4.79 Å². The van der Waals surface area contributed by atoms with Crippen LogP contribution >= 0.6 is 0 Å². The van der Waals surface area contributed by atoms with Crippen molar-refractivity contribution >= 4 is 6.09 Å². The molecular weight excluding hydrogens is 218 g/mol. The lowest BCUT2D eigenvalue weighted by molar-refractivity contribution is 0.0123. The van der Waals surface area contributed by atoms with Crippen molar-refractivity contribution in [2.24, 2.45) is 0 Å². The molecule has 1 N–H and O–H groups in total. The predicted molar refractivity (Wildman–Crippen MR) is 66.9 cm³/mol. The normalized spacial score (nSPS) is 25.1. The van der Waals surface area contributed by atoms with E-state index in [1.807, 2.05) is 25.7 Å². The van der Waals surface area contributed by atoms with E-state index in [4.69, 9.17) is 9.84 Å². The second kappa shape index (κ2) is 5.71. The van der Waals surface area contributed by atoms with Crippen molar-refractivity contribution in [2.45, 2.75) is 71.1 Å². The molecule has 0 radical (unpaired) electrons. The first-order valence-corrected chi connectivity index (χ1v) is 6.51. The number of nitrogens with zero attached hydrogens (tertiary/aromatic N) is 1. The molecule has 0 aromatic rings. The lowest BCUT2D eigenvalue weighted by atomic mass is 10.1. The molecule has 2 atom stereocenters. The van der Waals surface area contributed by atoms with Crippen LogP contribution in [0.3, 0.4) is 0 Å². The third-order valence-electron chi connectivity index (χ3n) is 3.16. The summed E-state index contributed by atoms with van der Waals surface area (Å²) < 4.78 is 5.44. The number of rotatable bonds is 3. The Morgan fingerprint density at radius 2 is 1.94 bits per heavy atom. The Bertz CT molecular complexity index is 260. The van der Waals surface area contributed by atoms with E-state index in [-0.39, 0.29) is 24.8 Å². The van der Waals surface area contributed by atoms with Crippen LogP contribution in [-0.2, 0) is 4.74 Å². The van der Waals surface area contributed by atoms with Gasteiger partial charge in [-0.05, 0) is 46.5 Å². The number of hydrogen-bond acceptors (Lipinski definition) is 3. The van der Waals surface area contributed by atoms with Crippen LogP contribution in [0.5, 0.6) is 0 Å². The van der Waals surface area contributed by atoms with Gasteiger partial charge in [0.1, 0.15) is 5.60 Å². The highest BCUT2D eigenvalue weighted by atomic mass is 16.6. The number of carbonyl (C=O) groups is 1. The summed E-state index contributed by atoms with van der Waals surface area (Å²) in [5.74, 6) is 0. The molecule has 0 saturated carbocycles. The second-order valence-electron chi connectivity index (χ2n) is 5.69. The topological polar surface area (TPSA) is 49.8 Å². The molecule has 1 saturated heterocycles. The summed E-state index contributed by atoms with van der Waals surface area (Å²) in [6.07, 6.45) is 3.34. The molecule has 1 rings (SSSR count). The molecule has 1 heterocycles. The van der Waals surface area contributed by atoms with Gasteiger partial charge >= 0.3 is 6.09 Å². The smallest absolute Gasteiger partial charge is 0.410 e. The van der Waals surface area contributed by atoms with Crippen molar-refractivity contribution in [1.29, 1.82) is 0 Å². The van der Waals surface area contributed by atoms with E-state index in [0.717, 1.165) is 19.3 Å². The van der Waals surface area contributed by atoms with E-state index >= 15 is 0 Å². The van der Waals surface area contributed by atoms with Gasteiger partial charge in [0.05, 0.1) is 0 Å². The largest absolute Gasteiger partial charge is 0.444 e. The summed E-state index contributed by atoms with van der Waals surface area (Å²) in [4.78, 5) is 14.0. The van der Waals surface area contributed by atoms with E-state index < -0.39 is 5.60 Å². The van der Waals surface area contributed by atoms with Crippen LogP contribution in [0.25, 0.3) is 0 Å². The zero-order chi connectivity index (χ0) is 13.1. The average Bonchev–Trinajstić information content (AvgIpc) is 2.58. The molecule has 1 aliphatic rings. The number of hydrogen-bond donors (Lipinski definition) is 1. The second-order valence-corrected chi connectivity index (χ2v) is 5.69. The summed E-state index contributed by atoms with van der Waals surface area (Å²) in [6, 6.07) is 0.404. The predicted octanol–water partition coefficient (Wildman–Crippen LogP) is 2.55. The minimum absolute atomic E-state index is 0.125. The fourth-order valence-corrected chi connectivity index (χ4v) is 2.41. The molecule has 0 aromatic heterocycles. The fourth-order valence-electron chi connectivity index (χ4n) is 2.41. The van der Waals surface area contributed by atoms with Gasteiger partial charge < -0.3 is 14.7 Å². The Labute approximate surface area is 104 Å². The zero-order valence-electron chi connectivity index (χ0n) is 11.4. The van der Waals surface area contributed by atoms with Gasteiger partial charge in [-0.3, -0.25) is 0 Å². The Kier molecular flexibility index (Phi) is 4.80. The van der Waals surface area contributed by atoms with Crippen molar-refractivity contribution in [2.75, 3.05) is 6.61 Å². The zero-order valence-corrected chi connectivity index (χ0v) is 11.4. The van der Waals surface area contributed by atoms with Crippen LogP contribution in [-0.4, -0.2) is 40.4 Å². The molecule has 1 fully saturated rings. The van der Waals surface area contributed by atoms with Crippen molar-refractivity contribution in [3.63, 3.8) is 0 Å². The quantitative estimate of drug-likeness (QED) is 0.828. The molecule has 1 unspecified atom stereocenters.